The summed E-state index contributed by atoms with van der Waals surface area (Å²) in [5.74, 6) is 0.511. The van der Waals surface area contributed by atoms with Crippen molar-refractivity contribution in [3.05, 3.63) is 30.1 Å². The van der Waals surface area contributed by atoms with Crippen LogP contribution in [-0.2, 0) is 0 Å². The second kappa shape index (κ2) is 8.06. The fourth-order valence-electron chi connectivity index (χ4n) is 2.29. The van der Waals surface area contributed by atoms with Crippen LogP contribution in [-0.4, -0.2) is 43.5 Å². The molecule has 0 spiro atoms. The molecule has 1 aromatic heterocycles. The van der Waals surface area contributed by atoms with E-state index >= 15 is 0 Å². The lowest BCUT2D eigenvalue weighted by Gasteiger charge is -2.24. The summed E-state index contributed by atoms with van der Waals surface area (Å²) < 4.78 is 1.51. The van der Waals surface area contributed by atoms with Gasteiger partial charge in [-0.05, 0) is 60.7 Å². The Morgan fingerprint density at radius 3 is 2.80 bits per heavy atom. The minimum Gasteiger partial charge on any atom is -0.388 e. The highest BCUT2D eigenvalue weighted by molar-refractivity contribution is 5.90. The van der Waals surface area contributed by atoms with Gasteiger partial charge in [0.2, 0.25) is 0 Å². The SMILES string of the molecule is Cc1ccc(-n2cnnn2)cc1NC(=O)NCC(C)(O)CCC(C)C. The molecule has 0 aliphatic carbocycles. The quantitative estimate of drug-likeness (QED) is 0.713. The smallest absolute Gasteiger partial charge is 0.319 e. The van der Waals surface area contributed by atoms with Crippen LogP contribution in [0.5, 0.6) is 0 Å². The van der Waals surface area contributed by atoms with Crippen LogP contribution in [0.1, 0.15) is 39.2 Å². The van der Waals surface area contributed by atoms with Crippen molar-refractivity contribution in [2.24, 2.45) is 5.92 Å². The second-order valence-corrected chi connectivity index (χ2v) is 6.99. The van der Waals surface area contributed by atoms with Crippen molar-refractivity contribution < 1.29 is 9.90 Å². The number of hydrogen-bond donors (Lipinski definition) is 3. The van der Waals surface area contributed by atoms with Crippen LogP contribution in [0.2, 0.25) is 0 Å². The van der Waals surface area contributed by atoms with Crippen LogP contribution >= 0.6 is 0 Å². The molecule has 0 saturated carbocycles. The van der Waals surface area contributed by atoms with Crippen molar-refractivity contribution in [1.29, 1.82) is 0 Å². The molecule has 25 heavy (non-hydrogen) atoms. The van der Waals surface area contributed by atoms with E-state index in [-0.39, 0.29) is 12.6 Å². The minimum absolute atomic E-state index is 0.192. The first kappa shape index (κ1) is 18.9. The second-order valence-electron chi connectivity index (χ2n) is 6.99. The van der Waals surface area contributed by atoms with Crippen LogP contribution in [0, 0.1) is 12.8 Å². The van der Waals surface area contributed by atoms with Gasteiger partial charge in [0.25, 0.3) is 0 Å². The number of nitrogens with one attached hydrogen (secondary N) is 2. The van der Waals surface area contributed by atoms with Gasteiger partial charge in [-0.1, -0.05) is 19.9 Å². The average molecular weight is 346 g/mol. The zero-order chi connectivity index (χ0) is 18.4. The first-order chi connectivity index (χ1) is 11.8. The molecule has 8 heteroatoms. The highest BCUT2D eigenvalue weighted by Crippen LogP contribution is 2.19. The summed E-state index contributed by atoms with van der Waals surface area (Å²) in [7, 11) is 0. The van der Waals surface area contributed by atoms with E-state index < -0.39 is 5.60 Å². The molecule has 2 rings (SSSR count). The highest BCUT2D eigenvalue weighted by Gasteiger charge is 2.21. The molecule has 1 unspecified atom stereocenters. The standard InChI is InChI=1S/C17H26N6O2/c1-12(2)7-8-17(4,25)10-18-16(24)20-15-9-14(6-5-13(15)3)23-11-19-21-22-23/h5-6,9,11-12,25H,7-8,10H2,1-4H3,(H2,18,20,24). The number of aryl methyl sites for hydroxylation is 1. The Bertz CT molecular complexity index is 697. The Kier molecular flexibility index (Phi) is 6.08. The number of aliphatic hydroxyl groups is 1. The third-order valence-electron chi connectivity index (χ3n) is 3.97. The van der Waals surface area contributed by atoms with Gasteiger partial charge in [-0.15, -0.1) is 5.10 Å². The Labute approximate surface area is 147 Å². The van der Waals surface area contributed by atoms with Gasteiger partial charge >= 0.3 is 6.03 Å². The van der Waals surface area contributed by atoms with Crippen molar-refractivity contribution in [3.63, 3.8) is 0 Å². The Hall–Kier alpha value is -2.48. The monoisotopic (exact) mass is 346 g/mol. The first-order valence-corrected chi connectivity index (χ1v) is 8.38. The van der Waals surface area contributed by atoms with Gasteiger partial charge < -0.3 is 15.7 Å². The molecule has 0 aliphatic heterocycles. The molecular weight excluding hydrogens is 320 g/mol. The van der Waals surface area contributed by atoms with E-state index in [2.05, 4.69) is 40.0 Å². The Morgan fingerprint density at radius 1 is 1.40 bits per heavy atom. The van der Waals surface area contributed by atoms with Crippen molar-refractivity contribution in [2.45, 2.75) is 46.1 Å². The largest absolute Gasteiger partial charge is 0.388 e. The van der Waals surface area contributed by atoms with Crippen LogP contribution in [0.25, 0.3) is 5.69 Å². The number of tetrazole rings is 1. The maximum absolute atomic E-state index is 12.2. The number of urea groups is 1. The average Bonchev–Trinajstić information content (AvgIpc) is 3.08. The Morgan fingerprint density at radius 2 is 2.16 bits per heavy atom. The molecule has 136 valence electrons. The van der Waals surface area contributed by atoms with E-state index in [1.54, 1.807) is 13.0 Å². The third kappa shape index (κ3) is 5.82. The fraction of sp³-hybridized carbons (Fsp3) is 0.529. The molecule has 0 fully saturated rings. The lowest BCUT2D eigenvalue weighted by molar-refractivity contribution is 0.0481. The normalized spacial score (nSPS) is 13.5. The van der Waals surface area contributed by atoms with E-state index in [0.717, 1.165) is 17.7 Å². The van der Waals surface area contributed by atoms with Crippen LogP contribution in [0.15, 0.2) is 24.5 Å². The van der Waals surface area contributed by atoms with Crippen LogP contribution in [0.3, 0.4) is 0 Å². The molecular formula is C17H26N6O2. The van der Waals surface area contributed by atoms with E-state index in [0.29, 0.717) is 18.0 Å². The lowest BCUT2D eigenvalue weighted by Crippen LogP contribution is -2.42. The van der Waals surface area contributed by atoms with Crippen molar-refractivity contribution in [3.8, 4) is 5.69 Å². The van der Waals surface area contributed by atoms with E-state index in [1.165, 1.54) is 11.0 Å². The summed E-state index contributed by atoms with van der Waals surface area (Å²) >= 11 is 0. The number of amides is 2. The zero-order valence-electron chi connectivity index (χ0n) is 15.2. The van der Waals surface area contributed by atoms with Gasteiger partial charge in [0, 0.05) is 12.2 Å². The molecule has 1 atom stereocenters. The highest BCUT2D eigenvalue weighted by atomic mass is 16.3. The number of benzene rings is 1. The molecule has 0 aliphatic rings. The van der Waals surface area contributed by atoms with Crippen LogP contribution < -0.4 is 10.6 Å². The van der Waals surface area contributed by atoms with Crippen molar-refractivity contribution >= 4 is 11.7 Å². The summed E-state index contributed by atoms with van der Waals surface area (Å²) in [5, 5.41) is 26.9. The summed E-state index contributed by atoms with van der Waals surface area (Å²) in [6.07, 6.45) is 3.03. The molecule has 1 aromatic carbocycles. The zero-order valence-corrected chi connectivity index (χ0v) is 15.2. The van der Waals surface area contributed by atoms with Crippen molar-refractivity contribution in [2.75, 3.05) is 11.9 Å². The molecule has 8 nitrogen and oxygen atoms in total. The lowest BCUT2D eigenvalue weighted by atomic mass is 9.95. The number of rotatable bonds is 7. The van der Waals surface area contributed by atoms with E-state index in [1.807, 2.05) is 19.1 Å². The molecule has 0 bridgehead atoms. The number of carbonyl (C=O) groups excluding carboxylic acids is 1. The molecule has 0 saturated heterocycles. The number of anilines is 1. The summed E-state index contributed by atoms with van der Waals surface area (Å²) in [4.78, 5) is 12.2. The predicted molar refractivity (Wildman–Crippen MR) is 95.6 cm³/mol. The fourth-order valence-corrected chi connectivity index (χ4v) is 2.29. The van der Waals surface area contributed by atoms with Crippen LogP contribution in [0.4, 0.5) is 10.5 Å². The maximum Gasteiger partial charge on any atom is 0.319 e. The number of carbonyl (C=O) groups is 1. The summed E-state index contributed by atoms with van der Waals surface area (Å²) in [6, 6.07) is 5.18. The summed E-state index contributed by atoms with van der Waals surface area (Å²) in [6.45, 7) is 8.04. The van der Waals surface area contributed by atoms with Gasteiger partial charge in [-0.2, -0.15) is 0 Å². The number of aromatic nitrogens is 4. The summed E-state index contributed by atoms with van der Waals surface area (Å²) in [5.41, 5.74) is 1.39. The molecule has 1 heterocycles. The van der Waals surface area contributed by atoms with Gasteiger partial charge in [0.05, 0.1) is 11.3 Å². The molecule has 0 radical (unpaired) electrons. The van der Waals surface area contributed by atoms with E-state index in [4.69, 9.17) is 0 Å². The van der Waals surface area contributed by atoms with Crippen molar-refractivity contribution in [1.82, 2.24) is 25.5 Å². The molecule has 2 aromatic rings. The topological polar surface area (TPSA) is 105 Å². The maximum atomic E-state index is 12.2. The third-order valence-corrected chi connectivity index (χ3v) is 3.97. The van der Waals surface area contributed by atoms with Gasteiger partial charge in [-0.25, -0.2) is 9.48 Å². The van der Waals surface area contributed by atoms with Gasteiger partial charge in [-0.3, -0.25) is 0 Å². The Balaban J connectivity index is 1.95. The molecule has 3 N–H and O–H groups in total. The first-order valence-electron chi connectivity index (χ1n) is 8.38. The van der Waals surface area contributed by atoms with E-state index in [9.17, 15) is 9.90 Å². The minimum atomic E-state index is -0.926. The van der Waals surface area contributed by atoms with Gasteiger partial charge in [0.1, 0.15) is 6.33 Å². The number of hydrogen-bond acceptors (Lipinski definition) is 5. The molecule has 2 amide bonds. The van der Waals surface area contributed by atoms with Gasteiger partial charge in [0.15, 0.2) is 0 Å². The number of nitrogens with zero attached hydrogens (tertiary/aromatic N) is 4. The predicted octanol–water partition coefficient (Wildman–Crippen LogP) is 2.28.